The minimum atomic E-state index is 0.0330. The van der Waals surface area contributed by atoms with Gasteiger partial charge in [-0.2, -0.15) is 0 Å². The molecule has 0 radical (unpaired) electrons. The Balaban J connectivity index is 1.89. The van der Waals surface area contributed by atoms with Crippen LogP contribution >= 0.6 is 39.0 Å². The number of thiazole rings is 1. The first-order valence-electron chi connectivity index (χ1n) is 6.48. The summed E-state index contributed by atoms with van der Waals surface area (Å²) in [5.41, 5.74) is 1.62. The van der Waals surface area contributed by atoms with E-state index in [9.17, 15) is 4.79 Å². The quantitative estimate of drug-likeness (QED) is 0.773. The van der Waals surface area contributed by atoms with Crippen molar-refractivity contribution in [3.8, 4) is 0 Å². The van der Waals surface area contributed by atoms with Crippen molar-refractivity contribution in [2.75, 3.05) is 12.3 Å². The summed E-state index contributed by atoms with van der Waals surface area (Å²) in [5, 5.41) is 4.03. The second-order valence-electron chi connectivity index (χ2n) is 4.56. The van der Waals surface area contributed by atoms with Gasteiger partial charge in [0, 0.05) is 22.2 Å². The summed E-state index contributed by atoms with van der Waals surface area (Å²) < 4.78 is 0.829. The predicted octanol–water partition coefficient (Wildman–Crippen LogP) is 4.40. The van der Waals surface area contributed by atoms with Gasteiger partial charge in [0.15, 0.2) is 0 Å². The summed E-state index contributed by atoms with van der Waals surface area (Å²) in [6.07, 6.45) is 2.00. The number of thioether (sulfide) groups is 1. The topological polar surface area (TPSA) is 33.2 Å². The van der Waals surface area contributed by atoms with Crippen LogP contribution in [-0.2, 0) is 0 Å². The molecule has 1 amide bonds. The van der Waals surface area contributed by atoms with Crippen LogP contribution in [0.5, 0.6) is 0 Å². The van der Waals surface area contributed by atoms with Gasteiger partial charge in [-0.25, -0.2) is 4.98 Å². The van der Waals surface area contributed by atoms with Crippen LogP contribution in [0.1, 0.15) is 21.1 Å². The molecule has 0 N–H and O–H groups in total. The number of hydrogen-bond acceptors (Lipinski definition) is 4. The van der Waals surface area contributed by atoms with Crippen molar-refractivity contribution in [1.82, 2.24) is 9.88 Å². The van der Waals surface area contributed by atoms with Crippen LogP contribution in [0.2, 0.25) is 0 Å². The molecular formula is C15H13BrN2OS2. The molecule has 0 saturated carbocycles. The SMILES string of the molecule is Cc1nc(/C=C2/SCCN2C(=O)c2ccccc2Br)cs1. The highest BCUT2D eigenvalue weighted by molar-refractivity contribution is 9.10. The molecule has 3 rings (SSSR count). The number of amides is 1. The molecule has 1 saturated heterocycles. The summed E-state index contributed by atoms with van der Waals surface area (Å²) >= 11 is 6.77. The summed E-state index contributed by atoms with van der Waals surface area (Å²) in [4.78, 5) is 19.0. The smallest absolute Gasteiger partial charge is 0.259 e. The molecule has 0 spiro atoms. The molecule has 1 fully saturated rings. The Morgan fingerprint density at radius 1 is 1.43 bits per heavy atom. The van der Waals surface area contributed by atoms with Gasteiger partial charge >= 0.3 is 0 Å². The third-order valence-electron chi connectivity index (χ3n) is 3.09. The summed E-state index contributed by atoms with van der Waals surface area (Å²) in [5.74, 6) is 0.955. The van der Waals surface area contributed by atoms with Gasteiger partial charge in [-0.15, -0.1) is 23.1 Å². The van der Waals surface area contributed by atoms with Crippen LogP contribution in [-0.4, -0.2) is 28.1 Å². The number of carbonyl (C=O) groups excluding carboxylic acids is 1. The molecule has 0 atom stereocenters. The molecule has 0 unspecified atom stereocenters. The maximum atomic E-state index is 12.7. The molecule has 21 heavy (non-hydrogen) atoms. The number of nitrogens with zero attached hydrogens (tertiary/aromatic N) is 2. The van der Waals surface area contributed by atoms with E-state index in [1.54, 1.807) is 23.1 Å². The maximum Gasteiger partial charge on any atom is 0.259 e. The summed E-state index contributed by atoms with van der Waals surface area (Å²) in [6.45, 7) is 2.72. The van der Waals surface area contributed by atoms with Gasteiger partial charge in [-0.05, 0) is 41.1 Å². The Labute approximate surface area is 140 Å². The molecule has 0 bridgehead atoms. The van der Waals surface area contributed by atoms with Crippen molar-refractivity contribution >= 4 is 51.0 Å². The average Bonchev–Trinajstić information content (AvgIpc) is 3.08. The van der Waals surface area contributed by atoms with E-state index in [1.807, 2.05) is 47.5 Å². The van der Waals surface area contributed by atoms with Crippen molar-refractivity contribution < 1.29 is 4.79 Å². The van der Waals surface area contributed by atoms with E-state index in [-0.39, 0.29) is 5.91 Å². The molecule has 2 heterocycles. The Bertz CT molecular complexity index is 711. The van der Waals surface area contributed by atoms with Crippen molar-refractivity contribution in [2.45, 2.75) is 6.92 Å². The van der Waals surface area contributed by atoms with Gasteiger partial charge in [0.2, 0.25) is 0 Å². The van der Waals surface area contributed by atoms with Crippen molar-refractivity contribution in [1.29, 1.82) is 0 Å². The number of halogens is 1. The minimum Gasteiger partial charge on any atom is -0.302 e. The highest BCUT2D eigenvalue weighted by Gasteiger charge is 2.26. The van der Waals surface area contributed by atoms with Crippen LogP contribution in [0.4, 0.5) is 0 Å². The first kappa shape index (κ1) is 14.8. The molecule has 3 nitrogen and oxygen atoms in total. The third-order valence-corrected chi connectivity index (χ3v) is 5.59. The molecule has 6 heteroatoms. The molecule has 1 aliphatic heterocycles. The van der Waals surface area contributed by atoms with Gasteiger partial charge in [-0.3, -0.25) is 4.79 Å². The highest BCUT2D eigenvalue weighted by Crippen LogP contribution is 2.32. The number of hydrogen-bond donors (Lipinski definition) is 0. The van der Waals surface area contributed by atoms with Gasteiger partial charge in [0.1, 0.15) is 0 Å². The second-order valence-corrected chi connectivity index (χ2v) is 7.59. The molecule has 1 aromatic heterocycles. The predicted molar refractivity (Wildman–Crippen MR) is 92.5 cm³/mol. The fraction of sp³-hybridized carbons (Fsp3) is 0.200. The first-order chi connectivity index (χ1) is 10.1. The zero-order valence-electron chi connectivity index (χ0n) is 11.4. The molecular weight excluding hydrogens is 368 g/mol. The number of aromatic nitrogens is 1. The normalized spacial score (nSPS) is 16.7. The van der Waals surface area contributed by atoms with Crippen LogP contribution < -0.4 is 0 Å². The largest absolute Gasteiger partial charge is 0.302 e. The minimum absolute atomic E-state index is 0.0330. The number of carbonyl (C=O) groups is 1. The van der Waals surface area contributed by atoms with Crippen LogP contribution in [0.15, 0.2) is 39.1 Å². The van der Waals surface area contributed by atoms with E-state index in [4.69, 9.17) is 0 Å². The van der Waals surface area contributed by atoms with E-state index < -0.39 is 0 Å². The van der Waals surface area contributed by atoms with E-state index in [1.165, 1.54) is 0 Å². The monoisotopic (exact) mass is 380 g/mol. The lowest BCUT2D eigenvalue weighted by atomic mass is 10.2. The summed E-state index contributed by atoms with van der Waals surface area (Å²) in [6, 6.07) is 7.53. The molecule has 1 aromatic carbocycles. The van der Waals surface area contributed by atoms with Gasteiger partial charge < -0.3 is 4.90 Å². The Kier molecular flexibility index (Phi) is 4.47. The lowest BCUT2D eigenvalue weighted by molar-refractivity contribution is 0.0830. The fourth-order valence-electron chi connectivity index (χ4n) is 2.10. The van der Waals surface area contributed by atoms with Gasteiger partial charge in [0.25, 0.3) is 5.91 Å². The summed E-state index contributed by atoms with van der Waals surface area (Å²) in [7, 11) is 0. The van der Waals surface area contributed by atoms with Gasteiger partial charge in [0.05, 0.1) is 21.3 Å². The van der Waals surface area contributed by atoms with Crippen LogP contribution in [0.25, 0.3) is 6.08 Å². The zero-order chi connectivity index (χ0) is 14.8. The first-order valence-corrected chi connectivity index (χ1v) is 9.14. The number of benzene rings is 1. The fourth-order valence-corrected chi connectivity index (χ4v) is 4.15. The van der Waals surface area contributed by atoms with Crippen LogP contribution in [0, 0.1) is 6.92 Å². The lowest BCUT2D eigenvalue weighted by Crippen LogP contribution is -2.27. The number of aryl methyl sites for hydroxylation is 1. The zero-order valence-corrected chi connectivity index (χ0v) is 14.6. The van der Waals surface area contributed by atoms with E-state index in [2.05, 4.69) is 20.9 Å². The Morgan fingerprint density at radius 2 is 2.24 bits per heavy atom. The molecule has 2 aromatic rings. The highest BCUT2D eigenvalue weighted by atomic mass is 79.9. The van der Waals surface area contributed by atoms with Crippen molar-refractivity contribution in [3.05, 3.63) is 55.4 Å². The molecule has 108 valence electrons. The standard InChI is InChI=1S/C15H13BrN2OS2/c1-10-17-11(9-21-10)8-14-18(6-7-20-14)15(19)12-4-2-3-5-13(12)16/h2-5,8-9H,6-7H2,1H3/b14-8+. The Hall–Kier alpha value is -1.11. The van der Waals surface area contributed by atoms with E-state index in [0.717, 1.165) is 32.5 Å². The van der Waals surface area contributed by atoms with Gasteiger partial charge in [-0.1, -0.05) is 12.1 Å². The van der Waals surface area contributed by atoms with E-state index in [0.29, 0.717) is 5.56 Å². The maximum absolute atomic E-state index is 12.7. The second kappa shape index (κ2) is 6.34. The lowest BCUT2D eigenvalue weighted by Gasteiger charge is -2.17. The van der Waals surface area contributed by atoms with Crippen molar-refractivity contribution in [3.63, 3.8) is 0 Å². The third kappa shape index (κ3) is 3.22. The molecule has 1 aliphatic rings. The van der Waals surface area contributed by atoms with E-state index >= 15 is 0 Å². The molecule has 0 aliphatic carbocycles. The van der Waals surface area contributed by atoms with Crippen molar-refractivity contribution in [2.24, 2.45) is 0 Å². The Morgan fingerprint density at radius 3 is 2.95 bits per heavy atom. The average molecular weight is 381 g/mol. The number of rotatable bonds is 2. The van der Waals surface area contributed by atoms with Crippen LogP contribution in [0.3, 0.4) is 0 Å².